The first-order valence-electron chi connectivity index (χ1n) is 3.99. The molecular formula is C10H12N2O. The number of hydrazone groups is 1. The van der Waals surface area contributed by atoms with Crippen molar-refractivity contribution in [2.24, 2.45) is 5.10 Å². The zero-order valence-corrected chi connectivity index (χ0v) is 7.77. The van der Waals surface area contributed by atoms with E-state index in [9.17, 15) is 4.79 Å². The number of rotatable bonds is 3. The number of nitrogens with zero attached hydrogens (tertiary/aromatic N) is 2. The smallest absolute Gasteiger partial charge is 0.150 e. The lowest BCUT2D eigenvalue weighted by molar-refractivity contribution is 0.112. The van der Waals surface area contributed by atoms with Crippen LogP contribution in [0.3, 0.4) is 0 Å². The molecule has 0 atom stereocenters. The van der Waals surface area contributed by atoms with E-state index in [0.29, 0.717) is 5.56 Å². The highest BCUT2D eigenvalue weighted by molar-refractivity contribution is 5.82. The van der Waals surface area contributed by atoms with Crippen molar-refractivity contribution in [2.75, 3.05) is 14.1 Å². The van der Waals surface area contributed by atoms with Gasteiger partial charge in [0.15, 0.2) is 0 Å². The Morgan fingerprint density at radius 1 is 1.15 bits per heavy atom. The van der Waals surface area contributed by atoms with Gasteiger partial charge in [-0.05, 0) is 5.56 Å². The van der Waals surface area contributed by atoms with Gasteiger partial charge in [-0.15, -0.1) is 0 Å². The Morgan fingerprint density at radius 3 is 2.15 bits per heavy atom. The lowest BCUT2D eigenvalue weighted by Crippen LogP contribution is -2.01. The van der Waals surface area contributed by atoms with Crippen LogP contribution in [0.5, 0.6) is 0 Å². The molecule has 0 fully saturated rings. The van der Waals surface area contributed by atoms with Crippen LogP contribution in [-0.4, -0.2) is 31.6 Å². The first kappa shape index (κ1) is 9.45. The molecular weight excluding hydrogens is 164 g/mol. The van der Waals surface area contributed by atoms with Gasteiger partial charge < -0.3 is 5.01 Å². The van der Waals surface area contributed by atoms with Gasteiger partial charge in [0.05, 0.1) is 6.21 Å². The van der Waals surface area contributed by atoms with Crippen LogP contribution >= 0.6 is 0 Å². The zero-order chi connectivity index (χ0) is 9.68. The van der Waals surface area contributed by atoms with Crippen LogP contribution in [0.1, 0.15) is 15.9 Å². The second kappa shape index (κ2) is 4.40. The first-order valence-corrected chi connectivity index (χ1v) is 3.99. The zero-order valence-electron chi connectivity index (χ0n) is 7.77. The van der Waals surface area contributed by atoms with E-state index < -0.39 is 0 Å². The average molecular weight is 176 g/mol. The molecule has 1 rings (SSSR count). The summed E-state index contributed by atoms with van der Waals surface area (Å²) in [6, 6.07) is 7.25. The van der Waals surface area contributed by atoms with Gasteiger partial charge in [-0.3, -0.25) is 4.79 Å². The average Bonchev–Trinajstić information content (AvgIpc) is 2.15. The number of carbonyl (C=O) groups excluding carboxylic acids is 1. The van der Waals surface area contributed by atoms with E-state index in [-0.39, 0.29) is 0 Å². The predicted octanol–water partition coefficient (Wildman–Crippen LogP) is 1.39. The van der Waals surface area contributed by atoms with Gasteiger partial charge in [0.25, 0.3) is 0 Å². The van der Waals surface area contributed by atoms with Gasteiger partial charge >= 0.3 is 0 Å². The van der Waals surface area contributed by atoms with Crippen molar-refractivity contribution in [1.82, 2.24) is 5.01 Å². The van der Waals surface area contributed by atoms with Gasteiger partial charge in [-0.1, -0.05) is 24.3 Å². The number of benzene rings is 1. The Labute approximate surface area is 77.7 Å². The van der Waals surface area contributed by atoms with Crippen LogP contribution < -0.4 is 0 Å². The number of carbonyl (C=O) groups is 1. The Hall–Kier alpha value is -1.64. The molecule has 1 aromatic carbocycles. The van der Waals surface area contributed by atoms with Crippen molar-refractivity contribution in [3.8, 4) is 0 Å². The second-order valence-corrected chi connectivity index (χ2v) is 2.88. The van der Waals surface area contributed by atoms with E-state index in [0.717, 1.165) is 11.8 Å². The third kappa shape index (κ3) is 3.07. The molecule has 1 aromatic rings. The lowest BCUT2D eigenvalue weighted by Gasteiger charge is -2.01. The van der Waals surface area contributed by atoms with Gasteiger partial charge in [0.1, 0.15) is 6.29 Å². The molecule has 0 unspecified atom stereocenters. The van der Waals surface area contributed by atoms with Gasteiger partial charge in [-0.2, -0.15) is 5.10 Å². The highest BCUT2D eigenvalue weighted by Gasteiger charge is 1.89. The van der Waals surface area contributed by atoms with E-state index in [1.54, 1.807) is 23.4 Å². The third-order valence-corrected chi connectivity index (χ3v) is 1.51. The molecule has 0 aromatic heterocycles. The molecule has 0 aliphatic carbocycles. The molecule has 3 nitrogen and oxygen atoms in total. The van der Waals surface area contributed by atoms with E-state index in [4.69, 9.17) is 0 Å². The molecule has 0 radical (unpaired) electrons. The summed E-state index contributed by atoms with van der Waals surface area (Å²) in [6.07, 6.45) is 2.57. The number of aldehydes is 1. The highest BCUT2D eigenvalue weighted by atomic mass is 16.1. The van der Waals surface area contributed by atoms with E-state index >= 15 is 0 Å². The number of hydrogen-bond acceptors (Lipinski definition) is 3. The Bertz CT molecular complexity index is 301. The highest BCUT2D eigenvalue weighted by Crippen LogP contribution is 1.99. The fourth-order valence-corrected chi connectivity index (χ4v) is 0.843. The van der Waals surface area contributed by atoms with E-state index in [2.05, 4.69) is 5.10 Å². The molecule has 0 aliphatic rings. The molecule has 0 amide bonds. The van der Waals surface area contributed by atoms with Crippen molar-refractivity contribution < 1.29 is 4.79 Å². The maximum absolute atomic E-state index is 10.3. The summed E-state index contributed by atoms with van der Waals surface area (Å²) in [6.45, 7) is 0. The standard InChI is InChI=1S/C10H12N2O/c1-12(2)11-7-9-3-5-10(8-13)6-4-9/h3-8H,1-2H3/b11-7+. The Kier molecular flexibility index (Phi) is 3.20. The van der Waals surface area contributed by atoms with E-state index in [1.165, 1.54) is 0 Å². The van der Waals surface area contributed by atoms with Crippen molar-refractivity contribution in [3.63, 3.8) is 0 Å². The molecule has 0 heterocycles. The second-order valence-electron chi connectivity index (χ2n) is 2.88. The molecule has 0 bridgehead atoms. The summed E-state index contributed by atoms with van der Waals surface area (Å²) in [7, 11) is 3.71. The van der Waals surface area contributed by atoms with Crippen LogP contribution in [0.2, 0.25) is 0 Å². The summed E-state index contributed by atoms with van der Waals surface area (Å²) in [5, 5.41) is 5.79. The molecule has 0 N–H and O–H groups in total. The molecule has 0 saturated carbocycles. The molecule has 0 spiro atoms. The SMILES string of the molecule is CN(C)/N=C/c1ccc(C=O)cc1. The van der Waals surface area contributed by atoms with Crippen molar-refractivity contribution in [3.05, 3.63) is 35.4 Å². The molecule has 0 aliphatic heterocycles. The molecule has 3 heteroatoms. The summed E-state index contributed by atoms with van der Waals surface area (Å²) >= 11 is 0. The van der Waals surface area contributed by atoms with Crippen LogP contribution in [0, 0.1) is 0 Å². The first-order chi connectivity index (χ1) is 6.22. The summed E-state index contributed by atoms with van der Waals surface area (Å²) in [4.78, 5) is 10.3. The fourth-order valence-electron chi connectivity index (χ4n) is 0.843. The third-order valence-electron chi connectivity index (χ3n) is 1.51. The monoisotopic (exact) mass is 176 g/mol. The quantitative estimate of drug-likeness (QED) is 0.396. The molecule has 13 heavy (non-hydrogen) atoms. The van der Waals surface area contributed by atoms with Gasteiger partial charge in [-0.25, -0.2) is 0 Å². The van der Waals surface area contributed by atoms with Crippen molar-refractivity contribution >= 4 is 12.5 Å². The fraction of sp³-hybridized carbons (Fsp3) is 0.200. The molecule has 68 valence electrons. The van der Waals surface area contributed by atoms with Crippen molar-refractivity contribution in [2.45, 2.75) is 0 Å². The number of hydrogen-bond donors (Lipinski definition) is 0. The minimum Gasteiger partial charge on any atom is -0.303 e. The van der Waals surface area contributed by atoms with Gasteiger partial charge in [0, 0.05) is 19.7 Å². The topological polar surface area (TPSA) is 32.7 Å². The van der Waals surface area contributed by atoms with Gasteiger partial charge in [0.2, 0.25) is 0 Å². The normalized spacial score (nSPS) is 10.3. The Balaban J connectivity index is 2.75. The van der Waals surface area contributed by atoms with Crippen molar-refractivity contribution in [1.29, 1.82) is 0 Å². The molecule has 0 saturated heterocycles. The maximum Gasteiger partial charge on any atom is 0.150 e. The lowest BCUT2D eigenvalue weighted by atomic mass is 10.2. The minimum atomic E-state index is 0.682. The van der Waals surface area contributed by atoms with Crippen LogP contribution in [0.25, 0.3) is 0 Å². The van der Waals surface area contributed by atoms with Crippen LogP contribution in [0.4, 0.5) is 0 Å². The minimum absolute atomic E-state index is 0.682. The Morgan fingerprint density at radius 2 is 1.69 bits per heavy atom. The summed E-state index contributed by atoms with van der Waals surface area (Å²) in [5.41, 5.74) is 1.67. The van der Waals surface area contributed by atoms with E-state index in [1.807, 2.05) is 26.2 Å². The maximum atomic E-state index is 10.3. The predicted molar refractivity (Wildman–Crippen MR) is 53.1 cm³/mol. The van der Waals surface area contributed by atoms with Crippen LogP contribution in [0.15, 0.2) is 29.4 Å². The largest absolute Gasteiger partial charge is 0.303 e. The summed E-state index contributed by atoms with van der Waals surface area (Å²) in [5.74, 6) is 0. The van der Waals surface area contributed by atoms with Crippen LogP contribution in [-0.2, 0) is 0 Å². The summed E-state index contributed by atoms with van der Waals surface area (Å²) < 4.78 is 0.